The quantitative estimate of drug-likeness (QED) is 0.600. The summed E-state index contributed by atoms with van der Waals surface area (Å²) in [7, 11) is 0. The molecule has 0 bridgehead atoms. The SMILES string of the molecule is O=C1C(O)=C(C/C=C/c2ccccc2)C(c2ccccc2F)N1c1ccccc1. The zero-order chi connectivity index (χ0) is 20.2. The summed E-state index contributed by atoms with van der Waals surface area (Å²) in [6, 6.07) is 24.4. The molecule has 3 nitrogen and oxygen atoms in total. The van der Waals surface area contributed by atoms with E-state index in [4.69, 9.17) is 0 Å². The van der Waals surface area contributed by atoms with Crippen LogP contribution >= 0.6 is 0 Å². The van der Waals surface area contributed by atoms with Crippen molar-refractivity contribution in [2.45, 2.75) is 12.5 Å². The lowest BCUT2D eigenvalue weighted by Crippen LogP contribution is -2.30. The van der Waals surface area contributed by atoms with Gasteiger partial charge in [0.1, 0.15) is 5.82 Å². The first-order chi connectivity index (χ1) is 14.2. The van der Waals surface area contributed by atoms with Gasteiger partial charge < -0.3 is 5.11 Å². The van der Waals surface area contributed by atoms with Crippen molar-refractivity contribution in [3.8, 4) is 0 Å². The average molecular weight is 385 g/mol. The van der Waals surface area contributed by atoms with E-state index >= 15 is 0 Å². The molecular formula is C25H20FNO2. The van der Waals surface area contributed by atoms with E-state index in [0.29, 0.717) is 23.2 Å². The second-order valence-electron chi connectivity index (χ2n) is 6.83. The summed E-state index contributed by atoms with van der Waals surface area (Å²) >= 11 is 0. The highest BCUT2D eigenvalue weighted by atomic mass is 19.1. The minimum absolute atomic E-state index is 0.320. The van der Waals surface area contributed by atoms with E-state index in [1.54, 1.807) is 30.3 Å². The lowest BCUT2D eigenvalue weighted by atomic mass is 9.95. The number of aliphatic hydroxyl groups is 1. The topological polar surface area (TPSA) is 40.5 Å². The van der Waals surface area contributed by atoms with Crippen molar-refractivity contribution in [3.05, 3.63) is 119 Å². The normalized spacial score (nSPS) is 16.8. The van der Waals surface area contributed by atoms with Crippen LogP contribution in [-0.2, 0) is 4.79 Å². The number of halogens is 1. The molecule has 0 fully saturated rings. The molecule has 1 atom stereocenters. The molecule has 4 heteroatoms. The van der Waals surface area contributed by atoms with Crippen LogP contribution in [0.15, 0.2) is 102 Å². The lowest BCUT2D eigenvalue weighted by Gasteiger charge is -2.27. The second-order valence-corrected chi connectivity index (χ2v) is 6.83. The zero-order valence-electron chi connectivity index (χ0n) is 15.7. The molecule has 0 radical (unpaired) electrons. The maximum Gasteiger partial charge on any atom is 0.293 e. The monoisotopic (exact) mass is 385 g/mol. The summed E-state index contributed by atoms with van der Waals surface area (Å²) in [6.45, 7) is 0. The van der Waals surface area contributed by atoms with E-state index in [2.05, 4.69) is 0 Å². The zero-order valence-corrected chi connectivity index (χ0v) is 15.7. The smallest absolute Gasteiger partial charge is 0.293 e. The van der Waals surface area contributed by atoms with Crippen molar-refractivity contribution < 1.29 is 14.3 Å². The molecule has 1 unspecified atom stereocenters. The minimum atomic E-state index is -0.702. The molecule has 1 amide bonds. The molecule has 0 saturated heterocycles. The van der Waals surface area contributed by atoms with Gasteiger partial charge in [0.05, 0.1) is 6.04 Å². The van der Waals surface area contributed by atoms with E-state index in [0.717, 1.165) is 5.56 Å². The minimum Gasteiger partial charge on any atom is -0.503 e. The summed E-state index contributed by atoms with van der Waals surface area (Å²) in [6.07, 6.45) is 4.14. The molecular weight excluding hydrogens is 365 g/mol. The third-order valence-corrected chi connectivity index (χ3v) is 5.00. The van der Waals surface area contributed by atoms with Crippen LogP contribution in [0, 0.1) is 5.82 Å². The van der Waals surface area contributed by atoms with Gasteiger partial charge in [-0.3, -0.25) is 9.69 Å². The van der Waals surface area contributed by atoms with Gasteiger partial charge in [0, 0.05) is 16.8 Å². The number of allylic oxidation sites excluding steroid dienone is 1. The van der Waals surface area contributed by atoms with Crippen LogP contribution in [0.5, 0.6) is 0 Å². The van der Waals surface area contributed by atoms with E-state index in [1.807, 2.05) is 60.7 Å². The molecule has 1 N–H and O–H groups in total. The number of benzene rings is 3. The summed E-state index contributed by atoms with van der Waals surface area (Å²) in [5.41, 5.74) is 2.46. The Labute approximate surface area is 169 Å². The fraction of sp³-hybridized carbons (Fsp3) is 0.0800. The number of hydrogen-bond donors (Lipinski definition) is 1. The predicted octanol–water partition coefficient (Wildman–Crippen LogP) is 5.83. The highest BCUT2D eigenvalue weighted by Crippen LogP contribution is 2.42. The Morgan fingerprint density at radius 3 is 2.21 bits per heavy atom. The maximum absolute atomic E-state index is 14.7. The third-order valence-electron chi connectivity index (χ3n) is 5.00. The van der Waals surface area contributed by atoms with Crippen LogP contribution in [0.4, 0.5) is 10.1 Å². The molecule has 3 aromatic carbocycles. The van der Waals surface area contributed by atoms with Crippen molar-refractivity contribution in [1.82, 2.24) is 0 Å². The molecule has 3 aromatic rings. The highest BCUT2D eigenvalue weighted by Gasteiger charge is 2.41. The van der Waals surface area contributed by atoms with Crippen molar-refractivity contribution in [2.75, 3.05) is 4.90 Å². The Bertz CT molecular complexity index is 1070. The molecule has 0 aromatic heterocycles. The van der Waals surface area contributed by atoms with Gasteiger partial charge in [0.15, 0.2) is 5.76 Å². The first-order valence-corrected chi connectivity index (χ1v) is 9.43. The van der Waals surface area contributed by atoms with Crippen molar-refractivity contribution in [3.63, 3.8) is 0 Å². The molecule has 1 aliphatic rings. The Morgan fingerprint density at radius 2 is 1.52 bits per heavy atom. The van der Waals surface area contributed by atoms with E-state index in [1.165, 1.54) is 11.0 Å². The van der Waals surface area contributed by atoms with Crippen LogP contribution in [-0.4, -0.2) is 11.0 Å². The Balaban J connectivity index is 1.74. The molecule has 144 valence electrons. The van der Waals surface area contributed by atoms with Crippen molar-refractivity contribution in [1.29, 1.82) is 0 Å². The van der Waals surface area contributed by atoms with E-state index < -0.39 is 17.8 Å². The summed E-state index contributed by atoms with van der Waals surface area (Å²) in [5, 5.41) is 10.6. The number of anilines is 1. The third kappa shape index (κ3) is 3.69. The number of aliphatic hydroxyl groups excluding tert-OH is 1. The van der Waals surface area contributed by atoms with Crippen molar-refractivity contribution in [2.24, 2.45) is 0 Å². The molecule has 1 aliphatic heterocycles. The van der Waals surface area contributed by atoms with Gasteiger partial charge in [-0.05, 0) is 30.2 Å². The Kier molecular flexibility index (Phi) is 5.25. The Morgan fingerprint density at radius 1 is 0.897 bits per heavy atom. The van der Waals surface area contributed by atoms with Gasteiger partial charge in [-0.2, -0.15) is 0 Å². The first kappa shape index (κ1) is 18.7. The number of carbonyl (C=O) groups excluding carboxylic acids is 1. The molecule has 4 rings (SSSR count). The molecule has 1 heterocycles. The highest BCUT2D eigenvalue weighted by molar-refractivity contribution is 6.08. The first-order valence-electron chi connectivity index (χ1n) is 9.43. The maximum atomic E-state index is 14.7. The Hall–Kier alpha value is -3.66. The second kappa shape index (κ2) is 8.15. The molecule has 0 saturated carbocycles. The molecule has 0 aliphatic carbocycles. The number of nitrogens with zero attached hydrogens (tertiary/aromatic N) is 1. The van der Waals surface area contributed by atoms with Gasteiger partial charge >= 0.3 is 0 Å². The standard InChI is InChI=1S/C25H20FNO2/c26-22-17-8-7-15-20(22)23-21(16-9-12-18-10-3-1-4-11-18)24(28)25(29)27(23)19-13-5-2-6-14-19/h1-15,17,23,28H,16H2/b12-9+. The lowest BCUT2D eigenvalue weighted by molar-refractivity contribution is -0.117. The van der Waals surface area contributed by atoms with Gasteiger partial charge in [0.2, 0.25) is 0 Å². The number of para-hydroxylation sites is 1. The van der Waals surface area contributed by atoms with Crippen LogP contribution < -0.4 is 4.90 Å². The van der Waals surface area contributed by atoms with Gasteiger partial charge in [-0.25, -0.2) is 4.39 Å². The molecule has 0 spiro atoms. The summed E-state index contributed by atoms with van der Waals surface area (Å²) < 4.78 is 14.7. The number of hydrogen-bond acceptors (Lipinski definition) is 2. The predicted molar refractivity (Wildman–Crippen MR) is 113 cm³/mol. The van der Waals surface area contributed by atoms with Crippen LogP contribution in [0.1, 0.15) is 23.6 Å². The average Bonchev–Trinajstić information content (AvgIpc) is 3.00. The van der Waals surface area contributed by atoms with Crippen molar-refractivity contribution >= 4 is 17.7 Å². The fourth-order valence-corrected chi connectivity index (χ4v) is 3.63. The van der Waals surface area contributed by atoms with Gasteiger partial charge in [-0.15, -0.1) is 0 Å². The van der Waals surface area contributed by atoms with Crippen LogP contribution in [0.3, 0.4) is 0 Å². The van der Waals surface area contributed by atoms with Gasteiger partial charge in [-0.1, -0.05) is 78.9 Å². The summed E-state index contributed by atoms with van der Waals surface area (Å²) in [4.78, 5) is 14.4. The van der Waals surface area contributed by atoms with Crippen LogP contribution in [0.25, 0.3) is 6.08 Å². The van der Waals surface area contributed by atoms with Crippen LogP contribution in [0.2, 0.25) is 0 Å². The fourth-order valence-electron chi connectivity index (χ4n) is 3.63. The largest absolute Gasteiger partial charge is 0.503 e. The van der Waals surface area contributed by atoms with E-state index in [9.17, 15) is 14.3 Å². The van der Waals surface area contributed by atoms with E-state index in [-0.39, 0.29) is 5.76 Å². The molecule has 29 heavy (non-hydrogen) atoms. The summed E-state index contributed by atoms with van der Waals surface area (Å²) in [5.74, 6) is -1.25. The van der Waals surface area contributed by atoms with Gasteiger partial charge in [0.25, 0.3) is 5.91 Å². The number of rotatable bonds is 5. The number of amides is 1. The number of carbonyl (C=O) groups is 1.